The van der Waals surface area contributed by atoms with Gasteiger partial charge in [-0.15, -0.1) is 0 Å². The van der Waals surface area contributed by atoms with Crippen molar-refractivity contribution >= 4 is 35.6 Å². The van der Waals surface area contributed by atoms with Gasteiger partial charge in [0.05, 0.1) is 6.54 Å². The summed E-state index contributed by atoms with van der Waals surface area (Å²) in [5.41, 5.74) is 6.17. The molecule has 5 nitrogen and oxygen atoms in total. The van der Waals surface area contributed by atoms with Crippen molar-refractivity contribution in [2.45, 2.75) is 12.3 Å². The van der Waals surface area contributed by atoms with Crippen LogP contribution in [0.1, 0.15) is 17.9 Å². The fraction of sp³-hybridized carbons (Fsp3) is 0.235. The van der Waals surface area contributed by atoms with E-state index in [0.717, 1.165) is 23.5 Å². The van der Waals surface area contributed by atoms with Gasteiger partial charge in [0.2, 0.25) is 0 Å². The zero-order valence-corrected chi connectivity index (χ0v) is 12.1. The van der Waals surface area contributed by atoms with Crippen molar-refractivity contribution in [2.24, 2.45) is 11.7 Å². The van der Waals surface area contributed by atoms with Gasteiger partial charge in [0.1, 0.15) is 11.5 Å². The summed E-state index contributed by atoms with van der Waals surface area (Å²) in [5, 5.41) is 9.96. The third-order valence-electron chi connectivity index (χ3n) is 3.85. The summed E-state index contributed by atoms with van der Waals surface area (Å²) >= 11 is 0. The number of carbonyl (C=O) groups excluding carboxylic acids is 1. The normalized spacial score (nSPS) is 18.7. The number of hydroxylamine groups is 2. The fourth-order valence-corrected chi connectivity index (χ4v) is 2.60. The van der Waals surface area contributed by atoms with Crippen molar-refractivity contribution in [1.82, 2.24) is 5.06 Å². The molecule has 3 N–H and O–H groups in total. The second-order valence-corrected chi connectivity index (χ2v) is 5.51. The minimum atomic E-state index is -0.813. The first-order valence-electron chi connectivity index (χ1n) is 7.22. The third kappa shape index (κ3) is 4.72. The monoisotopic (exact) mass is 322 g/mol. The van der Waals surface area contributed by atoms with Crippen molar-refractivity contribution in [3.8, 4) is 11.5 Å². The predicted molar refractivity (Wildman–Crippen MR) is 89.0 cm³/mol. The molecule has 0 spiro atoms. The van der Waals surface area contributed by atoms with E-state index in [9.17, 15) is 10.0 Å². The standard InChI is InChI=1S/C17H18N2O3.Na.H/c18-17(20)19(21)11-13-10-16(13)12-5-4-8-15(9-12)22-14-6-2-1-3-7-14;;/h1-9,13,16,21H,10-11H2,(H2,18,20);;/t13-,16-;;/m0../s1. The molecule has 3 rings (SSSR count). The Hall–Kier alpha value is -1.53. The van der Waals surface area contributed by atoms with Crippen molar-refractivity contribution < 1.29 is 14.7 Å². The zero-order valence-electron chi connectivity index (χ0n) is 12.1. The molecule has 116 valence electrons. The van der Waals surface area contributed by atoms with E-state index in [1.54, 1.807) is 0 Å². The molecule has 2 amide bonds. The second kappa shape index (κ2) is 7.84. The average Bonchev–Trinajstić information content (AvgIpc) is 3.28. The molecule has 0 heterocycles. The summed E-state index contributed by atoms with van der Waals surface area (Å²) < 4.78 is 5.82. The first kappa shape index (κ1) is 17.8. The van der Waals surface area contributed by atoms with Gasteiger partial charge in [-0.2, -0.15) is 0 Å². The molecule has 6 heteroatoms. The molecule has 2 aromatic rings. The number of rotatable bonds is 5. The van der Waals surface area contributed by atoms with Crippen LogP contribution in [-0.2, 0) is 0 Å². The number of amides is 2. The molecular formula is C17H19N2NaO3. The van der Waals surface area contributed by atoms with Crippen LogP contribution in [0.3, 0.4) is 0 Å². The zero-order chi connectivity index (χ0) is 15.5. The van der Waals surface area contributed by atoms with Crippen LogP contribution in [0.15, 0.2) is 54.6 Å². The molecule has 2 aromatic carbocycles. The molecular weight excluding hydrogens is 303 g/mol. The number of benzene rings is 2. The van der Waals surface area contributed by atoms with E-state index in [1.807, 2.05) is 54.6 Å². The topological polar surface area (TPSA) is 75.8 Å². The van der Waals surface area contributed by atoms with E-state index in [4.69, 9.17) is 10.5 Å². The van der Waals surface area contributed by atoms with E-state index < -0.39 is 6.03 Å². The molecule has 1 saturated carbocycles. The summed E-state index contributed by atoms with van der Waals surface area (Å²) in [6.07, 6.45) is 0.930. The quantitative estimate of drug-likeness (QED) is 0.505. The summed E-state index contributed by atoms with van der Waals surface area (Å²) in [5.74, 6) is 2.14. The van der Waals surface area contributed by atoms with Gasteiger partial charge in [-0.3, -0.25) is 5.21 Å². The van der Waals surface area contributed by atoms with Crippen LogP contribution >= 0.6 is 0 Å². The molecule has 1 fully saturated rings. The Morgan fingerprint density at radius 2 is 1.87 bits per heavy atom. The van der Waals surface area contributed by atoms with E-state index in [2.05, 4.69) is 0 Å². The number of para-hydroxylation sites is 1. The molecule has 0 unspecified atom stereocenters. The van der Waals surface area contributed by atoms with Gasteiger partial charge in [0.25, 0.3) is 0 Å². The fourth-order valence-electron chi connectivity index (χ4n) is 2.60. The van der Waals surface area contributed by atoms with Gasteiger partial charge in [0, 0.05) is 0 Å². The van der Waals surface area contributed by atoms with Crippen LogP contribution in [0.2, 0.25) is 0 Å². The number of urea groups is 1. The number of hydrogen-bond donors (Lipinski definition) is 2. The van der Waals surface area contributed by atoms with E-state index in [-0.39, 0.29) is 42.0 Å². The van der Waals surface area contributed by atoms with Crippen molar-refractivity contribution in [3.05, 3.63) is 60.2 Å². The van der Waals surface area contributed by atoms with Crippen LogP contribution in [0.25, 0.3) is 0 Å². The molecule has 0 aromatic heterocycles. The Labute approximate surface area is 157 Å². The second-order valence-electron chi connectivity index (χ2n) is 5.51. The summed E-state index contributed by atoms with van der Waals surface area (Å²) in [6, 6.07) is 16.7. The summed E-state index contributed by atoms with van der Waals surface area (Å²) in [7, 11) is 0. The Kier molecular flexibility index (Phi) is 6.07. The molecule has 0 saturated heterocycles. The van der Waals surface area contributed by atoms with Crippen molar-refractivity contribution in [3.63, 3.8) is 0 Å². The molecule has 0 radical (unpaired) electrons. The maximum absolute atomic E-state index is 10.8. The SMILES string of the molecule is NC(=O)N(O)C[C@@H]1C[C@H]1c1cccc(Oc2ccccc2)c1.[NaH]. The van der Waals surface area contributed by atoms with Crippen LogP contribution in [-0.4, -0.2) is 52.4 Å². The molecule has 2 atom stereocenters. The third-order valence-corrected chi connectivity index (χ3v) is 3.85. The Balaban J connectivity index is 0.00000192. The minimum absolute atomic E-state index is 0. The van der Waals surface area contributed by atoms with Crippen molar-refractivity contribution in [2.75, 3.05) is 6.54 Å². The van der Waals surface area contributed by atoms with Crippen LogP contribution in [0.5, 0.6) is 11.5 Å². The van der Waals surface area contributed by atoms with Crippen molar-refractivity contribution in [1.29, 1.82) is 0 Å². The predicted octanol–water partition coefficient (Wildman–Crippen LogP) is 2.70. The van der Waals surface area contributed by atoms with Crippen LogP contribution in [0, 0.1) is 5.92 Å². The molecule has 23 heavy (non-hydrogen) atoms. The Bertz CT molecular complexity index is 666. The number of carbonyl (C=O) groups is 1. The van der Waals surface area contributed by atoms with Gasteiger partial charge in [0.15, 0.2) is 0 Å². The number of ether oxygens (including phenoxy) is 1. The molecule has 0 aliphatic heterocycles. The van der Waals surface area contributed by atoms with Gasteiger partial charge in [-0.1, -0.05) is 30.3 Å². The summed E-state index contributed by atoms with van der Waals surface area (Å²) in [6.45, 7) is 0.268. The summed E-state index contributed by atoms with van der Waals surface area (Å²) in [4.78, 5) is 10.8. The maximum atomic E-state index is 10.8. The van der Waals surface area contributed by atoms with E-state index >= 15 is 0 Å². The van der Waals surface area contributed by atoms with Crippen LogP contribution < -0.4 is 10.5 Å². The molecule has 0 bridgehead atoms. The Morgan fingerprint density at radius 3 is 2.57 bits per heavy atom. The van der Waals surface area contributed by atoms with Gasteiger partial charge >= 0.3 is 35.6 Å². The Morgan fingerprint density at radius 1 is 1.17 bits per heavy atom. The number of nitrogens with two attached hydrogens (primary N) is 1. The number of hydrogen-bond acceptors (Lipinski definition) is 3. The van der Waals surface area contributed by atoms with Gasteiger partial charge < -0.3 is 10.5 Å². The number of nitrogens with zero attached hydrogens (tertiary/aromatic N) is 1. The van der Waals surface area contributed by atoms with Gasteiger partial charge in [-0.25, -0.2) is 9.86 Å². The molecule has 1 aliphatic carbocycles. The first-order valence-corrected chi connectivity index (χ1v) is 7.22. The first-order chi connectivity index (χ1) is 10.6. The average molecular weight is 322 g/mol. The van der Waals surface area contributed by atoms with E-state index in [0.29, 0.717) is 11.0 Å². The number of primary amides is 1. The molecule has 1 aliphatic rings. The van der Waals surface area contributed by atoms with Gasteiger partial charge in [-0.05, 0) is 48.1 Å². The van der Waals surface area contributed by atoms with Crippen LogP contribution in [0.4, 0.5) is 4.79 Å². The van der Waals surface area contributed by atoms with E-state index in [1.165, 1.54) is 0 Å².